The number of thioether (sulfide) groups is 1. The van der Waals surface area contributed by atoms with Crippen LogP contribution in [0.25, 0.3) is 11.4 Å². The van der Waals surface area contributed by atoms with E-state index in [-0.39, 0.29) is 5.69 Å². The Morgan fingerprint density at radius 1 is 1.41 bits per heavy atom. The molecule has 0 fully saturated rings. The fraction of sp³-hybridized carbons (Fsp3) is 0.167. The number of non-ortho nitro benzene ring substituents is 1. The second kappa shape index (κ2) is 6.20. The van der Waals surface area contributed by atoms with Crippen LogP contribution in [0, 0.1) is 10.1 Å². The molecule has 2 aromatic heterocycles. The van der Waals surface area contributed by atoms with Gasteiger partial charge in [-0.2, -0.15) is 5.10 Å². The van der Waals surface area contributed by atoms with Gasteiger partial charge >= 0.3 is 0 Å². The Morgan fingerprint density at radius 3 is 3.00 bits per heavy atom. The lowest BCUT2D eigenvalue weighted by atomic mass is 10.2. The summed E-state index contributed by atoms with van der Waals surface area (Å²) in [6, 6.07) is 6.25. The maximum atomic E-state index is 10.8. The number of nitro groups is 1. The first-order chi connectivity index (χ1) is 10.7. The van der Waals surface area contributed by atoms with Crippen molar-refractivity contribution in [2.24, 2.45) is 0 Å². The van der Waals surface area contributed by atoms with E-state index in [1.165, 1.54) is 23.5 Å². The van der Waals surface area contributed by atoms with Gasteiger partial charge in [0.15, 0.2) is 10.2 Å². The van der Waals surface area contributed by atoms with Crippen molar-refractivity contribution in [1.29, 1.82) is 0 Å². The Bertz CT molecular complexity index is 815. The van der Waals surface area contributed by atoms with Gasteiger partial charge in [-0.15, -0.1) is 10.2 Å². The molecule has 0 spiro atoms. The summed E-state index contributed by atoms with van der Waals surface area (Å²) in [5.74, 6) is 0.443. The van der Waals surface area contributed by atoms with Crippen LogP contribution in [0.5, 0.6) is 0 Å². The van der Waals surface area contributed by atoms with Gasteiger partial charge in [0.25, 0.3) is 5.69 Å². The quantitative estimate of drug-likeness (QED) is 0.401. The van der Waals surface area contributed by atoms with Gasteiger partial charge in [0.1, 0.15) is 11.3 Å². The highest BCUT2D eigenvalue weighted by Crippen LogP contribution is 2.22. The van der Waals surface area contributed by atoms with Crippen molar-refractivity contribution < 1.29 is 4.92 Å². The van der Waals surface area contributed by atoms with Crippen LogP contribution in [0.15, 0.2) is 34.9 Å². The zero-order chi connectivity index (χ0) is 15.5. The van der Waals surface area contributed by atoms with Gasteiger partial charge in [-0.3, -0.25) is 10.1 Å². The lowest BCUT2D eigenvalue weighted by Crippen LogP contribution is -2.00. The van der Waals surface area contributed by atoms with Gasteiger partial charge < -0.3 is 0 Å². The Kier molecular flexibility index (Phi) is 4.11. The molecule has 3 rings (SSSR count). The number of aromatic nitrogens is 5. The average Bonchev–Trinajstić information content (AvgIpc) is 3.17. The standard InChI is InChI=1S/C12H10N6O2S2/c1-21-12-15-14-10(22-12)6-17-7-13-11(16-17)8-3-2-4-9(5-8)18(19)20/h2-5,7H,6H2,1H3. The van der Waals surface area contributed by atoms with Gasteiger partial charge in [0, 0.05) is 17.7 Å². The molecule has 0 aliphatic heterocycles. The van der Waals surface area contributed by atoms with Crippen molar-refractivity contribution in [2.75, 3.05) is 6.26 Å². The number of nitro benzene ring substituents is 1. The molecular weight excluding hydrogens is 324 g/mol. The molecular formula is C12H10N6O2S2. The number of hydrogen-bond acceptors (Lipinski definition) is 8. The summed E-state index contributed by atoms with van der Waals surface area (Å²) in [5.41, 5.74) is 0.623. The third-order valence-corrected chi connectivity index (χ3v) is 4.66. The number of hydrogen-bond donors (Lipinski definition) is 0. The molecule has 0 atom stereocenters. The predicted octanol–water partition coefficient (Wildman–Crippen LogP) is 2.48. The summed E-state index contributed by atoms with van der Waals surface area (Å²) in [4.78, 5) is 14.6. The third kappa shape index (κ3) is 3.12. The fourth-order valence-electron chi connectivity index (χ4n) is 1.78. The molecule has 3 aromatic rings. The van der Waals surface area contributed by atoms with Crippen molar-refractivity contribution >= 4 is 28.8 Å². The Labute approximate surface area is 133 Å². The van der Waals surface area contributed by atoms with Crippen LogP contribution in [-0.2, 0) is 6.54 Å². The highest BCUT2D eigenvalue weighted by atomic mass is 32.2. The van der Waals surface area contributed by atoms with E-state index in [2.05, 4.69) is 20.3 Å². The predicted molar refractivity (Wildman–Crippen MR) is 82.9 cm³/mol. The van der Waals surface area contributed by atoms with Crippen LogP contribution in [0.4, 0.5) is 5.69 Å². The minimum atomic E-state index is -0.439. The van der Waals surface area contributed by atoms with E-state index in [1.54, 1.807) is 34.9 Å². The summed E-state index contributed by atoms with van der Waals surface area (Å²) in [6.45, 7) is 0.472. The van der Waals surface area contributed by atoms with E-state index < -0.39 is 4.92 Å². The van der Waals surface area contributed by atoms with Crippen LogP contribution in [0.1, 0.15) is 5.01 Å². The van der Waals surface area contributed by atoms with Crippen molar-refractivity contribution in [3.63, 3.8) is 0 Å². The zero-order valence-electron chi connectivity index (χ0n) is 11.4. The second-order valence-electron chi connectivity index (χ2n) is 4.24. The minimum Gasteiger partial charge on any atom is -0.258 e. The lowest BCUT2D eigenvalue weighted by Gasteiger charge is -1.96. The highest BCUT2D eigenvalue weighted by Gasteiger charge is 2.11. The van der Waals surface area contributed by atoms with Crippen LogP contribution >= 0.6 is 23.1 Å². The molecule has 22 heavy (non-hydrogen) atoms. The lowest BCUT2D eigenvalue weighted by molar-refractivity contribution is -0.384. The van der Waals surface area contributed by atoms with Crippen LogP contribution < -0.4 is 0 Å². The topological polar surface area (TPSA) is 99.6 Å². The maximum absolute atomic E-state index is 10.8. The Balaban J connectivity index is 1.81. The van der Waals surface area contributed by atoms with E-state index in [0.717, 1.165) is 9.35 Å². The van der Waals surface area contributed by atoms with Gasteiger partial charge in [-0.25, -0.2) is 9.67 Å². The molecule has 0 amide bonds. The first-order valence-electron chi connectivity index (χ1n) is 6.16. The van der Waals surface area contributed by atoms with E-state index in [0.29, 0.717) is 17.9 Å². The van der Waals surface area contributed by atoms with Gasteiger partial charge in [-0.1, -0.05) is 35.2 Å². The van der Waals surface area contributed by atoms with Crippen LogP contribution in [-0.4, -0.2) is 36.1 Å². The van der Waals surface area contributed by atoms with Gasteiger partial charge in [0.2, 0.25) is 0 Å². The zero-order valence-corrected chi connectivity index (χ0v) is 13.0. The summed E-state index contributed by atoms with van der Waals surface area (Å²) < 4.78 is 2.53. The monoisotopic (exact) mass is 334 g/mol. The molecule has 0 aliphatic carbocycles. The number of rotatable bonds is 5. The molecule has 0 N–H and O–H groups in total. The minimum absolute atomic E-state index is 0.0163. The smallest absolute Gasteiger partial charge is 0.258 e. The van der Waals surface area contributed by atoms with Crippen molar-refractivity contribution in [3.8, 4) is 11.4 Å². The Morgan fingerprint density at radius 2 is 2.27 bits per heavy atom. The van der Waals surface area contributed by atoms with E-state index in [9.17, 15) is 10.1 Å². The Hall–Kier alpha value is -2.33. The second-order valence-corrected chi connectivity index (χ2v) is 6.35. The molecule has 0 saturated heterocycles. The summed E-state index contributed by atoms with van der Waals surface area (Å²) in [5, 5.41) is 24.1. The van der Waals surface area contributed by atoms with Crippen LogP contribution in [0.2, 0.25) is 0 Å². The average molecular weight is 334 g/mol. The summed E-state index contributed by atoms with van der Waals surface area (Å²) in [6.07, 6.45) is 3.52. The van der Waals surface area contributed by atoms with Crippen LogP contribution in [0.3, 0.4) is 0 Å². The molecule has 10 heteroatoms. The normalized spacial score (nSPS) is 10.8. The fourth-order valence-corrected chi connectivity index (χ4v) is 3.09. The molecule has 0 bridgehead atoms. The highest BCUT2D eigenvalue weighted by molar-refractivity contribution is 8.00. The molecule has 1 aromatic carbocycles. The molecule has 0 radical (unpaired) electrons. The van der Waals surface area contributed by atoms with Gasteiger partial charge in [0.05, 0.1) is 11.5 Å². The van der Waals surface area contributed by atoms with E-state index in [1.807, 2.05) is 6.26 Å². The van der Waals surface area contributed by atoms with E-state index >= 15 is 0 Å². The molecule has 8 nitrogen and oxygen atoms in total. The first-order valence-corrected chi connectivity index (χ1v) is 8.20. The number of benzene rings is 1. The molecule has 112 valence electrons. The molecule has 2 heterocycles. The molecule has 0 saturated carbocycles. The summed E-state index contributed by atoms with van der Waals surface area (Å²) >= 11 is 3.04. The van der Waals surface area contributed by atoms with Crippen molar-refractivity contribution in [3.05, 3.63) is 45.7 Å². The molecule has 0 unspecified atom stereocenters. The number of nitrogens with zero attached hydrogens (tertiary/aromatic N) is 6. The summed E-state index contributed by atoms with van der Waals surface area (Å²) in [7, 11) is 0. The largest absolute Gasteiger partial charge is 0.270 e. The first kappa shape index (κ1) is 14.6. The van der Waals surface area contributed by atoms with Crippen molar-refractivity contribution in [1.82, 2.24) is 25.0 Å². The van der Waals surface area contributed by atoms with Crippen molar-refractivity contribution in [2.45, 2.75) is 10.9 Å². The molecule has 0 aliphatic rings. The third-order valence-electron chi connectivity index (χ3n) is 2.77. The SMILES string of the molecule is CSc1nnc(Cn2cnc(-c3cccc([N+](=O)[O-])c3)n2)s1. The maximum Gasteiger partial charge on any atom is 0.270 e. The van der Waals surface area contributed by atoms with E-state index in [4.69, 9.17) is 0 Å². The van der Waals surface area contributed by atoms with Gasteiger partial charge in [-0.05, 0) is 6.26 Å².